The van der Waals surface area contributed by atoms with Crippen LogP contribution in [0.25, 0.3) is 0 Å². The lowest BCUT2D eigenvalue weighted by atomic mass is 9.85. The summed E-state index contributed by atoms with van der Waals surface area (Å²) in [5.74, 6) is -0.289. The van der Waals surface area contributed by atoms with Crippen LogP contribution in [0.3, 0.4) is 0 Å². The van der Waals surface area contributed by atoms with Crippen molar-refractivity contribution in [2.24, 2.45) is 11.1 Å². The highest BCUT2D eigenvalue weighted by atomic mass is 16.2. The second-order valence-corrected chi connectivity index (χ2v) is 5.27. The summed E-state index contributed by atoms with van der Waals surface area (Å²) >= 11 is 0. The van der Waals surface area contributed by atoms with Gasteiger partial charge in [0, 0.05) is 13.6 Å². The molecule has 1 aliphatic rings. The van der Waals surface area contributed by atoms with Crippen molar-refractivity contribution < 1.29 is 9.59 Å². The zero-order valence-corrected chi connectivity index (χ0v) is 11.7. The number of benzene rings is 1. The highest BCUT2D eigenvalue weighted by Crippen LogP contribution is 2.38. The summed E-state index contributed by atoms with van der Waals surface area (Å²) in [5, 5.41) is 5.45. The van der Waals surface area contributed by atoms with Gasteiger partial charge in [0.1, 0.15) is 0 Å². The fraction of sp³-hybridized carbons (Fsp3) is 0.467. The van der Waals surface area contributed by atoms with Crippen LogP contribution < -0.4 is 16.4 Å². The Kier molecular flexibility index (Phi) is 4.39. The summed E-state index contributed by atoms with van der Waals surface area (Å²) in [6.45, 7) is 0.348. The minimum Gasteiger partial charge on any atom is -0.355 e. The van der Waals surface area contributed by atoms with Gasteiger partial charge in [0.25, 0.3) is 5.91 Å². The van der Waals surface area contributed by atoms with Gasteiger partial charge in [-0.1, -0.05) is 25.0 Å². The molecule has 0 bridgehead atoms. The van der Waals surface area contributed by atoms with Gasteiger partial charge in [0.05, 0.1) is 16.7 Å². The number of rotatable bonds is 4. The van der Waals surface area contributed by atoms with E-state index >= 15 is 0 Å². The Morgan fingerprint density at radius 2 is 1.90 bits per heavy atom. The molecule has 0 aromatic heterocycles. The van der Waals surface area contributed by atoms with Crippen LogP contribution in [0.2, 0.25) is 0 Å². The summed E-state index contributed by atoms with van der Waals surface area (Å²) in [4.78, 5) is 24.3. The van der Waals surface area contributed by atoms with Crippen molar-refractivity contribution in [1.29, 1.82) is 0 Å². The van der Waals surface area contributed by atoms with Crippen molar-refractivity contribution in [2.75, 3.05) is 18.9 Å². The third-order valence-corrected chi connectivity index (χ3v) is 4.08. The average Bonchev–Trinajstić information content (AvgIpc) is 2.97. The molecule has 0 spiro atoms. The molecule has 2 rings (SSSR count). The van der Waals surface area contributed by atoms with Gasteiger partial charge in [0.15, 0.2) is 0 Å². The highest BCUT2D eigenvalue weighted by Gasteiger charge is 2.40. The Balaban J connectivity index is 2.22. The predicted octanol–water partition coefficient (Wildman–Crippen LogP) is 1.50. The molecule has 1 aliphatic carbocycles. The number of carbonyl (C=O) groups excluding carboxylic acids is 2. The second-order valence-electron chi connectivity index (χ2n) is 5.27. The van der Waals surface area contributed by atoms with Gasteiger partial charge < -0.3 is 16.4 Å². The molecule has 0 aliphatic heterocycles. The van der Waals surface area contributed by atoms with Crippen LogP contribution in [0.1, 0.15) is 36.0 Å². The molecule has 108 valence electrons. The minimum atomic E-state index is -0.476. The SMILES string of the molecule is CNC(=O)c1ccccc1NC(=O)C1(CN)CCCC1. The van der Waals surface area contributed by atoms with E-state index in [9.17, 15) is 9.59 Å². The zero-order valence-electron chi connectivity index (χ0n) is 11.7. The third-order valence-electron chi connectivity index (χ3n) is 4.08. The van der Waals surface area contributed by atoms with Crippen LogP contribution in [-0.4, -0.2) is 25.4 Å². The number of para-hydroxylation sites is 1. The summed E-state index contributed by atoms with van der Waals surface area (Å²) in [6, 6.07) is 7.00. The number of amides is 2. The summed E-state index contributed by atoms with van der Waals surface area (Å²) in [7, 11) is 1.57. The molecule has 20 heavy (non-hydrogen) atoms. The van der Waals surface area contributed by atoms with Crippen molar-refractivity contribution in [2.45, 2.75) is 25.7 Å². The van der Waals surface area contributed by atoms with E-state index in [2.05, 4.69) is 10.6 Å². The maximum atomic E-state index is 12.5. The number of carbonyl (C=O) groups is 2. The van der Waals surface area contributed by atoms with E-state index < -0.39 is 5.41 Å². The topological polar surface area (TPSA) is 84.2 Å². The van der Waals surface area contributed by atoms with Crippen molar-refractivity contribution >= 4 is 17.5 Å². The molecule has 1 aromatic carbocycles. The lowest BCUT2D eigenvalue weighted by Gasteiger charge is -2.26. The number of nitrogens with one attached hydrogen (secondary N) is 2. The minimum absolute atomic E-state index is 0.0751. The lowest BCUT2D eigenvalue weighted by Crippen LogP contribution is -2.40. The Labute approximate surface area is 118 Å². The predicted molar refractivity (Wildman–Crippen MR) is 78.4 cm³/mol. The van der Waals surface area contributed by atoms with Crippen molar-refractivity contribution in [3.05, 3.63) is 29.8 Å². The molecule has 1 saturated carbocycles. The van der Waals surface area contributed by atoms with Crippen molar-refractivity contribution in [3.8, 4) is 0 Å². The van der Waals surface area contributed by atoms with Crippen LogP contribution in [0.15, 0.2) is 24.3 Å². The monoisotopic (exact) mass is 275 g/mol. The molecular formula is C15H21N3O2. The van der Waals surface area contributed by atoms with E-state index in [1.54, 1.807) is 31.3 Å². The fourth-order valence-corrected chi connectivity index (χ4v) is 2.76. The van der Waals surface area contributed by atoms with Gasteiger partial charge in [-0.15, -0.1) is 0 Å². The van der Waals surface area contributed by atoms with E-state index in [4.69, 9.17) is 5.73 Å². The smallest absolute Gasteiger partial charge is 0.253 e. The van der Waals surface area contributed by atoms with E-state index in [0.717, 1.165) is 25.7 Å². The molecule has 5 heteroatoms. The molecule has 1 aromatic rings. The number of nitrogens with two attached hydrogens (primary N) is 1. The van der Waals surface area contributed by atoms with E-state index in [0.29, 0.717) is 17.8 Å². The molecule has 2 amide bonds. The summed E-state index contributed by atoms with van der Waals surface area (Å²) in [6.07, 6.45) is 3.69. The van der Waals surface area contributed by atoms with Crippen LogP contribution in [0.4, 0.5) is 5.69 Å². The molecular weight excluding hydrogens is 254 g/mol. The first-order valence-corrected chi connectivity index (χ1v) is 6.95. The first-order valence-electron chi connectivity index (χ1n) is 6.95. The first-order chi connectivity index (χ1) is 9.63. The number of hydrogen-bond donors (Lipinski definition) is 3. The fourth-order valence-electron chi connectivity index (χ4n) is 2.76. The Morgan fingerprint density at radius 1 is 1.25 bits per heavy atom. The number of anilines is 1. The molecule has 0 radical (unpaired) electrons. The van der Waals surface area contributed by atoms with Gasteiger partial charge in [-0.25, -0.2) is 0 Å². The Hall–Kier alpha value is -1.88. The molecule has 1 fully saturated rings. The second kappa shape index (κ2) is 6.05. The highest BCUT2D eigenvalue weighted by molar-refractivity contribution is 6.04. The molecule has 0 unspecified atom stereocenters. The van der Waals surface area contributed by atoms with Gasteiger partial charge in [-0.3, -0.25) is 9.59 Å². The van der Waals surface area contributed by atoms with Crippen LogP contribution in [0.5, 0.6) is 0 Å². The summed E-state index contributed by atoms with van der Waals surface area (Å²) < 4.78 is 0. The maximum absolute atomic E-state index is 12.5. The van der Waals surface area contributed by atoms with Gasteiger partial charge in [-0.05, 0) is 25.0 Å². The van der Waals surface area contributed by atoms with E-state index in [1.807, 2.05) is 0 Å². The van der Waals surface area contributed by atoms with Gasteiger partial charge in [0.2, 0.25) is 5.91 Å². The quantitative estimate of drug-likeness (QED) is 0.778. The Morgan fingerprint density at radius 3 is 2.50 bits per heavy atom. The van der Waals surface area contributed by atoms with Crippen molar-refractivity contribution in [3.63, 3.8) is 0 Å². The normalized spacial score (nSPS) is 16.7. The summed E-state index contributed by atoms with van der Waals surface area (Å²) in [5.41, 5.74) is 6.34. The largest absolute Gasteiger partial charge is 0.355 e. The molecule has 0 saturated heterocycles. The van der Waals surface area contributed by atoms with Gasteiger partial charge in [-0.2, -0.15) is 0 Å². The van der Waals surface area contributed by atoms with Crippen LogP contribution in [-0.2, 0) is 4.79 Å². The lowest BCUT2D eigenvalue weighted by molar-refractivity contribution is -0.124. The first kappa shape index (κ1) is 14.5. The molecule has 0 atom stereocenters. The standard InChI is InChI=1S/C15H21N3O2/c1-17-13(19)11-6-2-3-7-12(11)18-14(20)15(10-16)8-4-5-9-15/h2-3,6-7H,4-5,8-10,16H2,1H3,(H,17,19)(H,18,20). The third kappa shape index (κ3) is 2.67. The number of hydrogen-bond acceptors (Lipinski definition) is 3. The van der Waals surface area contributed by atoms with Crippen molar-refractivity contribution in [1.82, 2.24) is 5.32 Å². The van der Waals surface area contributed by atoms with E-state index in [-0.39, 0.29) is 11.8 Å². The van der Waals surface area contributed by atoms with E-state index in [1.165, 1.54) is 0 Å². The Bertz CT molecular complexity index is 508. The van der Waals surface area contributed by atoms with Crippen LogP contribution >= 0.6 is 0 Å². The molecule has 5 nitrogen and oxygen atoms in total. The van der Waals surface area contributed by atoms with Gasteiger partial charge >= 0.3 is 0 Å². The van der Waals surface area contributed by atoms with Crippen LogP contribution in [0, 0.1) is 5.41 Å². The molecule has 4 N–H and O–H groups in total. The zero-order chi connectivity index (χ0) is 14.6. The molecule has 0 heterocycles. The average molecular weight is 275 g/mol. The maximum Gasteiger partial charge on any atom is 0.253 e.